The van der Waals surface area contributed by atoms with Crippen molar-refractivity contribution in [2.75, 3.05) is 0 Å². The van der Waals surface area contributed by atoms with Crippen molar-refractivity contribution in [3.8, 4) is 11.3 Å². The zero-order valence-electron chi connectivity index (χ0n) is 15.5. The number of imidazole rings is 1. The van der Waals surface area contributed by atoms with E-state index in [2.05, 4.69) is 15.0 Å². The molecule has 28 heavy (non-hydrogen) atoms. The minimum atomic E-state index is -0.632. The largest absolute Gasteiger partial charge is 0.348 e. The molecule has 1 atom stereocenters. The summed E-state index contributed by atoms with van der Waals surface area (Å²) in [7, 11) is 0. The Balaban J connectivity index is 1.80. The van der Waals surface area contributed by atoms with Crippen molar-refractivity contribution in [1.82, 2.24) is 15.0 Å². The second-order valence-corrected chi connectivity index (χ2v) is 7.06. The molecule has 0 aliphatic heterocycles. The molecule has 2 aromatic heterocycles. The molecular formula is C22H19F2N3O. The third-order valence-electron chi connectivity index (χ3n) is 5.41. The Morgan fingerprint density at radius 2 is 1.93 bits per heavy atom. The van der Waals surface area contributed by atoms with Crippen LogP contribution < -0.4 is 5.56 Å². The van der Waals surface area contributed by atoms with Gasteiger partial charge in [0.15, 0.2) is 0 Å². The van der Waals surface area contributed by atoms with Crippen molar-refractivity contribution >= 4 is 10.8 Å². The molecule has 0 saturated carbocycles. The van der Waals surface area contributed by atoms with E-state index in [1.165, 1.54) is 6.07 Å². The number of aromatic amines is 2. The molecule has 0 bridgehead atoms. The van der Waals surface area contributed by atoms with E-state index in [4.69, 9.17) is 0 Å². The SMILES string of the molecule is CCC(C)(c1ncc[nH]1)c1ccc(-c2ccc3cc(F)cc(F)c3c2)[nH]c1=O. The first-order chi connectivity index (χ1) is 13.4. The fourth-order valence-electron chi connectivity index (χ4n) is 3.57. The Kier molecular flexibility index (Phi) is 4.34. The topological polar surface area (TPSA) is 61.5 Å². The van der Waals surface area contributed by atoms with Gasteiger partial charge in [0.1, 0.15) is 17.5 Å². The lowest BCUT2D eigenvalue weighted by atomic mass is 9.80. The number of benzene rings is 2. The van der Waals surface area contributed by atoms with Gasteiger partial charge in [-0.15, -0.1) is 0 Å². The van der Waals surface area contributed by atoms with Gasteiger partial charge in [0, 0.05) is 35.1 Å². The highest BCUT2D eigenvalue weighted by Crippen LogP contribution is 2.32. The number of pyridine rings is 1. The van der Waals surface area contributed by atoms with E-state index in [0.717, 1.165) is 11.9 Å². The third-order valence-corrected chi connectivity index (χ3v) is 5.41. The summed E-state index contributed by atoms with van der Waals surface area (Å²) in [4.78, 5) is 23.2. The van der Waals surface area contributed by atoms with E-state index in [1.807, 2.05) is 13.8 Å². The van der Waals surface area contributed by atoms with Gasteiger partial charge in [0.05, 0.1) is 5.41 Å². The predicted molar refractivity (Wildman–Crippen MR) is 105 cm³/mol. The third kappa shape index (κ3) is 2.91. The predicted octanol–water partition coefficient (Wildman–Crippen LogP) is 4.91. The number of nitrogens with one attached hydrogen (secondary N) is 2. The van der Waals surface area contributed by atoms with Crippen LogP contribution in [-0.2, 0) is 5.41 Å². The van der Waals surface area contributed by atoms with E-state index in [9.17, 15) is 13.6 Å². The van der Waals surface area contributed by atoms with Crippen molar-refractivity contribution in [3.63, 3.8) is 0 Å². The van der Waals surface area contributed by atoms with Gasteiger partial charge in [-0.2, -0.15) is 0 Å². The molecule has 142 valence electrons. The number of aromatic nitrogens is 3. The zero-order valence-corrected chi connectivity index (χ0v) is 15.5. The molecule has 0 spiro atoms. The molecule has 6 heteroatoms. The zero-order chi connectivity index (χ0) is 19.9. The first kappa shape index (κ1) is 18.1. The summed E-state index contributed by atoms with van der Waals surface area (Å²) in [6.07, 6.45) is 4.09. The standard InChI is InChI=1S/C22H19F2N3O/c1-3-22(2,21-25-8-9-26-21)17-6-7-19(27-20(17)28)14-5-4-13-10-15(23)12-18(24)16(13)11-14/h4-12H,3H2,1-2H3,(H,25,26)(H,27,28). The van der Waals surface area contributed by atoms with E-state index in [0.29, 0.717) is 34.0 Å². The van der Waals surface area contributed by atoms with Gasteiger partial charge < -0.3 is 9.97 Å². The maximum Gasteiger partial charge on any atom is 0.252 e. The van der Waals surface area contributed by atoms with Crippen LogP contribution >= 0.6 is 0 Å². The van der Waals surface area contributed by atoms with Gasteiger partial charge >= 0.3 is 0 Å². The molecule has 0 radical (unpaired) electrons. The van der Waals surface area contributed by atoms with Crippen LogP contribution in [0, 0.1) is 11.6 Å². The first-order valence-electron chi connectivity index (χ1n) is 9.05. The van der Waals surface area contributed by atoms with Crippen LogP contribution in [0.25, 0.3) is 22.0 Å². The van der Waals surface area contributed by atoms with E-state index in [1.54, 1.807) is 42.7 Å². The molecule has 4 nitrogen and oxygen atoms in total. The number of hydrogen-bond acceptors (Lipinski definition) is 2. The Morgan fingerprint density at radius 3 is 2.61 bits per heavy atom. The number of halogens is 2. The lowest BCUT2D eigenvalue weighted by molar-refractivity contribution is 0.513. The minimum Gasteiger partial charge on any atom is -0.348 e. The molecule has 1 unspecified atom stereocenters. The second-order valence-electron chi connectivity index (χ2n) is 7.06. The average Bonchev–Trinajstić information content (AvgIpc) is 3.22. The lowest BCUT2D eigenvalue weighted by Gasteiger charge is -2.25. The molecule has 4 aromatic rings. The van der Waals surface area contributed by atoms with Gasteiger partial charge in [-0.3, -0.25) is 4.79 Å². The highest BCUT2D eigenvalue weighted by molar-refractivity contribution is 5.87. The Hall–Kier alpha value is -3.28. The second kappa shape index (κ2) is 6.71. The van der Waals surface area contributed by atoms with E-state index in [-0.39, 0.29) is 5.56 Å². The monoisotopic (exact) mass is 379 g/mol. The number of nitrogens with zero attached hydrogens (tertiary/aromatic N) is 1. The molecule has 4 rings (SSSR count). The molecule has 2 N–H and O–H groups in total. The van der Waals surface area contributed by atoms with Crippen LogP contribution in [0.5, 0.6) is 0 Å². The van der Waals surface area contributed by atoms with Gasteiger partial charge in [0.25, 0.3) is 5.56 Å². The fraction of sp³-hybridized carbons (Fsp3) is 0.182. The quantitative estimate of drug-likeness (QED) is 0.529. The summed E-state index contributed by atoms with van der Waals surface area (Å²) < 4.78 is 27.5. The van der Waals surface area contributed by atoms with E-state index >= 15 is 0 Å². The molecule has 2 aromatic carbocycles. The van der Waals surface area contributed by atoms with Crippen LogP contribution in [0.3, 0.4) is 0 Å². The van der Waals surface area contributed by atoms with Crippen molar-refractivity contribution in [1.29, 1.82) is 0 Å². The van der Waals surface area contributed by atoms with Gasteiger partial charge in [-0.05, 0) is 42.5 Å². The summed E-state index contributed by atoms with van der Waals surface area (Å²) >= 11 is 0. The van der Waals surface area contributed by atoms with Crippen LogP contribution in [0.1, 0.15) is 31.7 Å². The van der Waals surface area contributed by atoms with Crippen LogP contribution in [0.15, 0.2) is 59.7 Å². The molecule has 0 amide bonds. The Labute approximate surface area is 160 Å². The smallest absolute Gasteiger partial charge is 0.252 e. The summed E-state index contributed by atoms with van der Waals surface area (Å²) in [6.45, 7) is 3.97. The first-order valence-corrected chi connectivity index (χ1v) is 9.05. The summed E-state index contributed by atoms with van der Waals surface area (Å²) in [5, 5.41) is 0.773. The maximum absolute atomic E-state index is 14.1. The van der Waals surface area contributed by atoms with Crippen molar-refractivity contribution in [2.45, 2.75) is 25.7 Å². The summed E-state index contributed by atoms with van der Waals surface area (Å²) in [6, 6.07) is 10.7. The average molecular weight is 379 g/mol. The molecule has 0 aliphatic carbocycles. The summed E-state index contributed by atoms with van der Waals surface area (Å²) in [5.41, 5.74) is 1.04. The molecular weight excluding hydrogens is 360 g/mol. The molecule has 0 saturated heterocycles. The van der Waals surface area contributed by atoms with Crippen molar-refractivity contribution in [2.24, 2.45) is 0 Å². The number of H-pyrrole nitrogens is 2. The van der Waals surface area contributed by atoms with Crippen molar-refractivity contribution < 1.29 is 8.78 Å². The van der Waals surface area contributed by atoms with Gasteiger partial charge in [-0.25, -0.2) is 13.8 Å². The Morgan fingerprint density at radius 1 is 1.11 bits per heavy atom. The number of fused-ring (bicyclic) bond motifs is 1. The highest BCUT2D eigenvalue weighted by Gasteiger charge is 2.32. The summed E-state index contributed by atoms with van der Waals surface area (Å²) in [5.74, 6) is -0.525. The number of hydrogen-bond donors (Lipinski definition) is 2. The van der Waals surface area contributed by atoms with Crippen LogP contribution in [0.2, 0.25) is 0 Å². The van der Waals surface area contributed by atoms with Crippen LogP contribution in [0.4, 0.5) is 8.78 Å². The fourth-order valence-corrected chi connectivity index (χ4v) is 3.57. The highest BCUT2D eigenvalue weighted by atomic mass is 19.1. The Bertz CT molecular complexity index is 1210. The van der Waals surface area contributed by atoms with Crippen LogP contribution in [-0.4, -0.2) is 15.0 Å². The molecule has 2 heterocycles. The van der Waals surface area contributed by atoms with Gasteiger partial charge in [-0.1, -0.05) is 25.1 Å². The lowest BCUT2D eigenvalue weighted by Crippen LogP contribution is -2.32. The maximum atomic E-state index is 14.1. The molecule has 0 fully saturated rings. The number of rotatable bonds is 4. The normalized spacial score (nSPS) is 13.6. The van der Waals surface area contributed by atoms with Gasteiger partial charge in [0.2, 0.25) is 0 Å². The molecule has 0 aliphatic rings. The van der Waals surface area contributed by atoms with E-state index < -0.39 is 17.0 Å². The minimum absolute atomic E-state index is 0.224. The van der Waals surface area contributed by atoms with Crippen molar-refractivity contribution in [3.05, 3.63) is 88.2 Å².